The highest BCUT2D eigenvalue weighted by molar-refractivity contribution is 4.87. The second-order valence-corrected chi connectivity index (χ2v) is 6.73. The Morgan fingerprint density at radius 1 is 1.24 bits per heavy atom. The largest absolute Gasteiger partial charge is 0.372 e. The van der Waals surface area contributed by atoms with Gasteiger partial charge in [0.25, 0.3) is 0 Å². The van der Waals surface area contributed by atoms with E-state index >= 15 is 0 Å². The molecular formula is C14H28N2O. The quantitative estimate of drug-likeness (QED) is 0.813. The Kier molecular flexibility index (Phi) is 4.11. The van der Waals surface area contributed by atoms with Crippen molar-refractivity contribution in [2.24, 2.45) is 0 Å². The highest BCUT2D eigenvalue weighted by Gasteiger charge is 2.35. The summed E-state index contributed by atoms with van der Waals surface area (Å²) in [5.74, 6) is 0. The number of fused-ring (bicyclic) bond motifs is 2. The number of hydrogen-bond acceptors (Lipinski definition) is 3. The van der Waals surface area contributed by atoms with E-state index < -0.39 is 0 Å². The first-order valence-corrected chi connectivity index (χ1v) is 7.08. The molecule has 0 aromatic carbocycles. The minimum absolute atomic E-state index is 0.240. The summed E-state index contributed by atoms with van der Waals surface area (Å²) in [6.45, 7) is 12.4. The summed E-state index contributed by atoms with van der Waals surface area (Å²) in [5, 5.41) is 3.57. The zero-order valence-electron chi connectivity index (χ0n) is 11.8. The molecule has 0 aliphatic carbocycles. The van der Waals surface area contributed by atoms with Gasteiger partial charge in [-0.1, -0.05) is 0 Å². The fourth-order valence-corrected chi connectivity index (χ4v) is 2.84. The normalized spacial score (nSPS) is 31.8. The molecule has 0 saturated carbocycles. The Morgan fingerprint density at radius 3 is 2.35 bits per heavy atom. The summed E-state index contributed by atoms with van der Waals surface area (Å²) in [5.41, 5.74) is 0.240. The van der Waals surface area contributed by atoms with Crippen LogP contribution in [0.2, 0.25) is 0 Å². The van der Waals surface area contributed by atoms with E-state index in [1.807, 2.05) is 0 Å². The zero-order valence-corrected chi connectivity index (χ0v) is 11.8. The maximum atomic E-state index is 5.88. The van der Waals surface area contributed by atoms with Crippen LogP contribution in [0.1, 0.15) is 47.0 Å². The van der Waals surface area contributed by atoms with E-state index in [0.717, 1.165) is 19.6 Å². The van der Waals surface area contributed by atoms with Gasteiger partial charge in [0.05, 0.1) is 12.2 Å². The number of rotatable bonds is 4. The highest BCUT2D eigenvalue weighted by Crippen LogP contribution is 2.27. The SMILES string of the molecule is CC(CCNC(C)(C)C)N1CC2CCC(C1)O2. The molecule has 0 amide bonds. The summed E-state index contributed by atoms with van der Waals surface area (Å²) in [6.07, 6.45) is 4.82. The van der Waals surface area contributed by atoms with Gasteiger partial charge in [-0.3, -0.25) is 4.90 Å². The molecule has 0 aromatic heterocycles. The van der Waals surface area contributed by atoms with Crippen molar-refractivity contribution >= 4 is 0 Å². The van der Waals surface area contributed by atoms with E-state index in [-0.39, 0.29) is 5.54 Å². The lowest BCUT2D eigenvalue weighted by molar-refractivity contribution is -0.0513. The van der Waals surface area contributed by atoms with Crippen LogP contribution >= 0.6 is 0 Å². The topological polar surface area (TPSA) is 24.5 Å². The van der Waals surface area contributed by atoms with Crippen LogP contribution in [-0.4, -0.2) is 48.3 Å². The number of hydrogen-bond donors (Lipinski definition) is 1. The number of ether oxygens (including phenoxy) is 1. The predicted octanol–water partition coefficient (Wildman–Crippen LogP) is 2.02. The number of morpholine rings is 1. The van der Waals surface area contributed by atoms with E-state index in [1.165, 1.54) is 19.3 Å². The third kappa shape index (κ3) is 3.94. The van der Waals surface area contributed by atoms with Crippen LogP contribution in [-0.2, 0) is 4.74 Å². The van der Waals surface area contributed by atoms with Gasteiger partial charge < -0.3 is 10.1 Å². The Morgan fingerprint density at radius 2 is 1.82 bits per heavy atom. The molecule has 2 rings (SSSR count). The molecule has 3 heteroatoms. The fourth-order valence-electron chi connectivity index (χ4n) is 2.84. The summed E-state index contributed by atoms with van der Waals surface area (Å²) < 4.78 is 5.88. The number of nitrogens with zero attached hydrogens (tertiary/aromatic N) is 1. The molecule has 2 aliphatic rings. The molecule has 0 aromatic rings. The molecule has 2 aliphatic heterocycles. The van der Waals surface area contributed by atoms with Crippen LogP contribution in [0.15, 0.2) is 0 Å². The Labute approximate surface area is 106 Å². The van der Waals surface area contributed by atoms with Crippen molar-refractivity contribution in [3.05, 3.63) is 0 Å². The van der Waals surface area contributed by atoms with E-state index in [1.54, 1.807) is 0 Å². The minimum atomic E-state index is 0.240. The summed E-state index contributed by atoms with van der Waals surface area (Å²) in [4.78, 5) is 2.62. The van der Waals surface area contributed by atoms with Crippen molar-refractivity contribution in [1.29, 1.82) is 0 Å². The first kappa shape index (κ1) is 13.3. The van der Waals surface area contributed by atoms with Crippen molar-refractivity contribution in [3.63, 3.8) is 0 Å². The lowest BCUT2D eigenvalue weighted by atomic mass is 10.1. The predicted molar refractivity (Wildman–Crippen MR) is 71.3 cm³/mol. The zero-order chi connectivity index (χ0) is 12.5. The van der Waals surface area contributed by atoms with Gasteiger partial charge in [0.15, 0.2) is 0 Å². The lowest BCUT2D eigenvalue weighted by Crippen LogP contribution is -2.48. The molecule has 2 fully saturated rings. The first-order valence-electron chi connectivity index (χ1n) is 7.08. The van der Waals surface area contributed by atoms with Crippen molar-refractivity contribution in [2.45, 2.75) is 70.7 Å². The number of likely N-dealkylation sites (tertiary alicyclic amines) is 1. The fraction of sp³-hybridized carbons (Fsp3) is 1.00. The molecule has 0 spiro atoms. The van der Waals surface area contributed by atoms with Gasteiger partial charge in [0.2, 0.25) is 0 Å². The smallest absolute Gasteiger partial charge is 0.0707 e. The molecule has 3 atom stereocenters. The highest BCUT2D eigenvalue weighted by atomic mass is 16.5. The third-order valence-electron chi connectivity index (χ3n) is 3.91. The second-order valence-electron chi connectivity index (χ2n) is 6.73. The molecule has 100 valence electrons. The molecule has 17 heavy (non-hydrogen) atoms. The standard InChI is InChI=1S/C14H28N2O/c1-11(7-8-15-14(2,3)4)16-9-12-5-6-13(10-16)17-12/h11-13,15H,5-10H2,1-4H3. The maximum absolute atomic E-state index is 5.88. The van der Waals surface area contributed by atoms with Crippen LogP contribution in [0.4, 0.5) is 0 Å². The average molecular weight is 240 g/mol. The van der Waals surface area contributed by atoms with Gasteiger partial charge in [0, 0.05) is 24.7 Å². The second kappa shape index (κ2) is 5.25. The summed E-state index contributed by atoms with van der Waals surface area (Å²) >= 11 is 0. The minimum Gasteiger partial charge on any atom is -0.372 e. The van der Waals surface area contributed by atoms with Crippen molar-refractivity contribution in [2.75, 3.05) is 19.6 Å². The molecular weight excluding hydrogens is 212 g/mol. The van der Waals surface area contributed by atoms with Gasteiger partial charge in [-0.15, -0.1) is 0 Å². The van der Waals surface area contributed by atoms with E-state index in [2.05, 4.69) is 37.9 Å². The van der Waals surface area contributed by atoms with Crippen LogP contribution in [0, 0.1) is 0 Å². The van der Waals surface area contributed by atoms with Crippen molar-refractivity contribution in [1.82, 2.24) is 10.2 Å². The third-order valence-corrected chi connectivity index (χ3v) is 3.91. The van der Waals surface area contributed by atoms with E-state index in [4.69, 9.17) is 4.74 Å². The van der Waals surface area contributed by atoms with Gasteiger partial charge in [-0.05, 0) is 53.5 Å². The average Bonchev–Trinajstić information content (AvgIpc) is 2.55. The monoisotopic (exact) mass is 240 g/mol. The first-order chi connectivity index (χ1) is 7.94. The van der Waals surface area contributed by atoms with Gasteiger partial charge in [0.1, 0.15) is 0 Å². The van der Waals surface area contributed by atoms with Crippen molar-refractivity contribution in [3.8, 4) is 0 Å². The Balaban J connectivity index is 1.71. The van der Waals surface area contributed by atoms with Crippen LogP contribution < -0.4 is 5.32 Å². The van der Waals surface area contributed by atoms with Gasteiger partial charge in [-0.25, -0.2) is 0 Å². The maximum Gasteiger partial charge on any atom is 0.0707 e. The molecule has 3 unspecified atom stereocenters. The molecule has 0 radical (unpaired) electrons. The molecule has 1 N–H and O–H groups in total. The Bertz CT molecular complexity index is 237. The van der Waals surface area contributed by atoms with Crippen LogP contribution in [0.3, 0.4) is 0 Å². The molecule has 2 heterocycles. The van der Waals surface area contributed by atoms with E-state index in [0.29, 0.717) is 18.2 Å². The Hall–Kier alpha value is -0.120. The van der Waals surface area contributed by atoms with Gasteiger partial charge in [-0.2, -0.15) is 0 Å². The lowest BCUT2D eigenvalue weighted by Gasteiger charge is -2.36. The van der Waals surface area contributed by atoms with E-state index in [9.17, 15) is 0 Å². The molecule has 2 saturated heterocycles. The summed E-state index contributed by atoms with van der Waals surface area (Å²) in [7, 11) is 0. The summed E-state index contributed by atoms with van der Waals surface area (Å²) in [6, 6.07) is 0.678. The molecule has 2 bridgehead atoms. The van der Waals surface area contributed by atoms with Gasteiger partial charge >= 0.3 is 0 Å². The van der Waals surface area contributed by atoms with Crippen LogP contribution in [0.5, 0.6) is 0 Å². The van der Waals surface area contributed by atoms with Crippen molar-refractivity contribution < 1.29 is 4.74 Å². The number of nitrogens with one attached hydrogen (secondary N) is 1. The van der Waals surface area contributed by atoms with Crippen LogP contribution in [0.25, 0.3) is 0 Å². The molecule has 3 nitrogen and oxygen atoms in total.